The molecular formula is C9H17NO3. The molecular weight excluding hydrogens is 170 g/mol. The number of rotatable bonds is 3. The number of ether oxygens (including phenoxy) is 2. The van der Waals surface area contributed by atoms with Crippen LogP contribution in [0.2, 0.25) is 0 Å². The molecule has 0 spiro atoms. The van der Waals surface area contributed by atoms with E-state index in [-0.39, 0.29) is 6.09 Å². The van der Waals surface area contributed by atoms with Gasteiger partial charge in [-0.15, -0.1) is 0 Å². The Bertz CT molecular complexity index is 155. The van der Waals surface area contributed by atoms with Gasteiger partial charge in [0.25, 0.3) is 0 Å². The Hall–Kier alpha value is -0.770. The molecule has 1 rings (SSSR count). The van der Waals surface area contributed by atoms with E-state index in [2.05, 4.69) is 5.32 Å². The fourth-order valence-electron chi connectivity index (χ4n) is 1.38. The third-order valence-corrected chi connectivity index (χ3v) is 2.07. The van der Waals surface area contributed by atoms with Crippen molar-refractivity contribution in [2.45, 2.75) is 19.8 Å². The van der Waals surface area contributed by atoms with Crippen molar-refractivity contribution in [3.8, 4) is 0 Å². The summed E-state index contributed by atoms with van der Waals surface area (Å²) in [5, 5.41) is 2.71. The van der Waals surface area contributed by atoms with E-state index in [9.17, 15) is 4.79 Å². The normalized spacial score (nSPS) is 22.4. The lowest BCUT2D eigenvalue weighted by atomic mass is 10.0. The molecule has 76 valence electrons. The molecule has 0 aliphatic carbocycles. The van der Waals surface area contributed by atoms with Crippen LogP contribution in [0.4, 0.5) is 4.79 Å². The van der Waals surface area contributed by atoms with E-state index in [1.807, 2.05) is 0 Å². The van der Waals surface area contributed by atoms with Crippen molar-refractivity contribution in [3.05, 3.63) is 0 Å². The first-order valence-corrected chi connectivity index (χ1v) is 4.81. The highest BCUT2D eigenvalue weighted by Crippen LogP contribution is 2.11. The molecule has 4 nitrogen and oxygen atoms in total. The third kappa shape index (κ3) is 4.12. The SMILES string of the molecule is CCOC(=O)NCC1CCCOC1. The Morgan fingerprint density at radius 1 is 1.69 bits per heavy atom. The molecule has 1 amide bonds. The lowest BCUT2D eigenvalue weighted by molar-refractivity contribution is 0.0540. The van der Waals surface area contributed by atoms with Gasteiger partial charge >= 0.3 is 6.09 Å². The maximum absolute atomic E-state index is 10.9. The van der Waals surface area contributed by atoms with Crippen LogP contribution in [-0.4, -0.2) is 32.5 Å². The quantitative estimate of drug-likeness (QED) is 0.721. The van der Waals surface area contributed by atoms with Crippen LogP contribution in [0.1, 0.15) is 19.8 Å². The van der Waals surface area contributed by atoms with Gasteiger partial charge in [0, 0.05) is 13.2 Å². The largest absolute Gasteiger partial charge is 0.450 e. The predicted molar refractivity (Wildman–Crippen MR) is 48.6 cm³/mol. The van der Waals surface area contributed by atoms with Crippen LogP contribution in [0.5, 0.6) is 0 Å². The van der Waals surface area contributed by atoms with Crippen molar-refractivity contribution in [1.29, 1.82) is 0 Å². The minimum absolute atomic E-state index is 0.326. The van der Waals surface area contributed by atoms with Crippen molar-refractivity contribution in [3.63, 3.8) is 0 Å². The summed E-state index contributed by atoms with van der Waals surface area (Å²) in [4.78, 5) is 10.9. The average Bonchev–Trinajstić information content (AvgIpc) is 2.17. The molecule has 1 aliphatic rings. The fraction of sp³-hybridized carbons (Fsp3) is 0.889. The molecule has 0 bridgehead atoms. The van der Waals surface area contributed by atoms with E-state index >= 15 is 0 Å². The summed E-state index contributed by atoms with van der Waals surface area (Å²) in [5.74, 6) is 0.457. The molecule has 13 heavy (non-hydrogen) atoms. The van der Waals surface area contributed by atoms with E-state index in [4.69, 9.17) is 9.47 Å². The maximum atomic E-state index is 10.9. The Kier molecular flexibility index (Phi) is 4.60. The minimum Gasteiger partial charge on any atom is -0.450 e. The summed E-state index contributed by atoms with van der Waals surface area (Å²) in [7, 11) is 0. The van der Waals surface area contributed by atoms with E-state index in [0.29, 0.717) is 19.1 Å². The number of carbonyl (C=O) groups excluding carboxylic acids is 1. The van der Waals surface area contributed by atoms with Crippen molar-refractivity contribution in [1.82, 2.24) is 5.32 Å². The average molecular weight is 187 g/mol. The minimum atomic E-state index is -0.326. The number of hydrogen-bond acceptors (Lipinski definition) is 3. The van der Waals surface area contributed by atoms with E-state index < -0.39 is 0 Å². The van der Waals surface area contributed by atoms with Gasteiger partial charge in [0.05, 0.1) is 13.2 Å². The molecule has 1 atom stereocenters. The molecule has 0 saturated carbocycles. The van der Waals surface area contributed by atoms with Gasteiger partial charge in [-0.2, -0.15) is 0 Å². The highest BCUT2D eigenvalue weighted by atomic mass is 16.5. The van der Waals surface area contributed by atoms with Gasteiger partial charge in [0.15, 0.2) is 0 Å². The first-order chi connectivity index (χ1) is 6.33. The Morgan fingerprint density at radius 3 is 3.15 bits per heavy atom. The first-order valence-electron chi connectivity index (χ1n) is 4.81. The van der Waals surface area contributed by atoms with Gasteiger partial charge in [-0.05, 0) is 25.7 Å². The zero-order valence-corrected chi connectivity index (χ0v) is 8.04. The lowest BCUT2D eigenvalue weighted by Gasteiger charge is -2.21. The molecule has 1 heterocycles. The predicted octanol–water partition coefficient (Wildman–Crippen LogP) is 1.16. The smallest absolute Gasteiger partial charge is 0.407 e. The van der Waals surface area contributed by atoms with Gasteiger partial charge in [-0.3, -0.25) is 0 Å². The molecule has 0 radical (unpaired) electrons. The molecule has 1 N–H and O–H groups in total. The Balaban J connectivity index is 2.06. The molecule has 1 unspecified atom stereocenters. The van der Waals surface area contributed by atoms with Crippen molar-refractivity contribution in [2.24, 2.45) is 5.92 Å². The molecule has 0 aromatic carbocycles. The summed E-state index contributed by atoms with van der Waals surface area (Å²) < 4.78 is 10.0. The second kappa shape index (κ2) is 5.80. The second-order valence-corrected chi connectivity index (χ2v) is 3.18. The number of amides is 1. The standard InChI is InChI=1S/C9H17NO3/c1-2-13-9(11)10-6-8-4-3-5-12-7-8/h8H,2-7H2,1H3,(H,10,11). The van der Waals surface area contributed by atoms with Crippen LogP contribution in [0, 0.1) is 5.92 Å². The Morgan fingerprint density at radius 2 is 2.54 bits per heavy atom. The molecule has 0 aromatic heterocycles. The summed E-state index contributed by atoms with van der Waals surface area (Å²) in [6, 6.07) is 0. The summed E-state index contributed by atoms with van der Waals surface area (Å²) in [6.07, 6.45) is 1.90. The maximum Gasteiger partial charge on any atom is 0.407 e. The van der Waals surface area contributed by atoms with Crippen LogP contribution in [0.25, 0.3) is 0 Å². The van der Waals surface area contributed by atoms with E-state index in [0.717, 1.165) is 26.1 Å². The lowest BCUT2D eigenvalue weighted by Crippen LogP contribution is -2.33. The molecule has 0 aromatic rings. The highest BCUT2D eigenvalue weighted by Gasteiger charge is 2.14. The van der Waals surface area contributed by atoms with Crippen LogP contribution in [0.15, 0.2) is 0 Å². The van der Waals surface area contributed by atoms with Crippen molar-refractivity contribution in [2.75, 3.05) is 26.4 Å². The van der Waals surface area contributed by atoms with Gasteiger partial charge in [0.2, 0.25) is 0 Å². The zero-order chi connectivity index (χ0) is 9.52. The summed E-state index contributed by atoms with van der Waals surface area (Å²) in [6.45, 7) is 4.50. The molecule has 4 heteroatoms. The number of alkyl carbamates (subject to hydrolysis) is 1. The first kappa shape index (κ1) is 10.3. The fourth-order valence-corrected chi connectivity index (χ4v) is 1.38. The van der Waals surface area contributed by atoms with Gasteiger partial charge in [0.1, 0.15) is 0 Å². The molecule has 1 fully saturated rings. The third-order valence-electron chi connectivity index (χ3n) is 2.07. The van der Waals surface area contributed by atoms with Crippen LogP contribution < -0.4 is 5.32 Å². The second-order valence-electron chi connectivity index (χ2n) is 3.18. The van der Waals surface area contributed by atoms with Crippen molar-refractivity contribution < 1.29 is 14.3 Å². The summed E-state index contributed by atoms with van der Waals surface area (Å²) >= 11 is 0. The van der Waals surface area contributed by atoms with Crippen LogP contribution >= 0.6 is 0 Å². The van der Waals surface area contributed by atoms with Gasteiger partial charge < -0.3 is 14.8 Å². The van der Waals surface area contributed by atoms with E-state index in [1.54, 1.807) is 6.92 Å². The van der Waals surface area contributed by atoms with Crippen LogP contribution in [-0.2, 0) is 9.47 Å². The monoisotopic (exact) mass is 187 g/mol. The zero-order valence-electron chi connectivity index (χ0n) is 8.04. The molecule has 1 saturated heterocycles. The number of nitrogens with one attached hydrogen (secondary N) is 1. The van der Waals surface area contributed by atoms with Gasteiger partial charge in [-0.25, -0.2) is 4.79 Å². The topological polar surface area (TPSA) is 47.6 Å². The molecule has 1 aliphatic heterocycles. The highest BCUT2D eigenvalue weighted by molar-refractivity contribution is 5.66. The van der Waals surface area contributed by atoms with Crippen molar-refractivity contribution >= 4 is 6.09 Å². The number of hydrogen-bond donors (Lipinski definition) is 1. The number of carbonyl (C=O) groups is 1. The summed E-state index contributed by atoms with van der Waals surface area (Å²) in [5.41, 5.74) is 0. The van der Waals surface area contributed by atoms with Crippen LogP contribution in [0.3, 0.4) is 0 Å². The van der Waals surface area contributed by atoms with E-state index in [1.165, 1.54) is 0 Å². The Labute approximate surface area is 78.6 Å². The van der Waals surface area contributed by atoms with Gasteiger partial charge in [-0.1, -0.05) is 0 Å².